The summed E-state index contributed by atoms with van der Waals surface area (Å²) in [5, 5.41) is 20.6. The predicted octanol–water partition coefficient (Wildman–Crippen LogP) is 26.7. The Balaban J connectivity index is 1.20. The average molecular weight is 1110 g/mol. The van der Waals surface area contributed by atoms with Crippen molar-refractivity contribution in [1.82, 2.24) is 0 Å². The minimum atomic E-state index is -0.796. The highest BCUT2D eigenvalue weighted by atomic mass is 16.4. The summed E-state index contributed by atoms with van der Waals surface area (Å²) in [6.45, 7) is 4.61. The van der Waals surface area contributed by atoms with Crippen LogP contribution in [0.1, 0.15) is 444 Å². The molecule has 0 spiro atoms. The molecule has 0 bridgehead atoms. The van der Waals surface area contributed by atoms with Crippen molar-refractivity contribution >= 4 is 5.97 Å². The number of rotatable bonds is 69. The molecule has 0 saturated heterocycles. The zero-order chi connectivity index (χ0) is 56.4. The maximum Gasteiger partial charge on any atom is 0.309 e. The van der Waals surface area contributed by atoms with Gasteiger partial charge >= 0.3 is 5.97 Å². The standard InChI is InChI=1S/C76H148O3/c1-3-5-7-9-11-13-15-17-19-21-22-23-24-25-26-28-32-36-40-48-54-60-66-74(76(78)79)75(77)67-61-55-49-41-37-33-29-31-35-39-45-51-57-63-71-69-73(71)65-59-53-47-43-42-46-52-58-64-72-68-70(72)62-56-50-44-38-34-30-27-20-18-16-14-12-10-8-6-4-2/h70-75,77H,3-69H2,1-2H3,(H,78,79)/t70?,71?,72?,73?,74-,75-/m1/s1. The number of aliphatic hydroxyl groups excluding tert-OH is 1. The lowest BCUT2D eigenvalue weighted by atomic mass is 9.91. The summed E-state index contributed by atoms with van der Waals surface area (Å²) in [7, 11) is 0. The van der Waals surface area contributed by atoms with Crippen LogP contribution in [0.2, 0.25) is 0 Å². The summed E-state index contributed by atoms with van der Waals surface area (Å²) in [6.07, 6.45) is 93.0. The van der Waals surface area contributed by atoms with Gasteiger partial charge in [0.2, 0.25) is 0 Å². The van der Waals surface area contributed by atoms with Crippen molar-refractivity contribution in [3.63, 3.8) is 0 Å². The molecule has 3 heteroatoms. The van der Waals surface area contributed by atoms with Crippen LogP contribution in [-0.4, -0.2) is 22.3 Å². The molecule has 79 heavy (non-hydrogen) atoms. The van der Waals surface area contributed by atoms with E-state index in [1.165, 1.54) is 366 Å². The predicted molar refractivity (Wildman–Crippen MR) is 352 cm³/mol. The Labute approximate surface area is 498 Å². The van der Waals surface area contributed by atoms with Crippen molar-refractivity contribution in [3.05, 3.63) is 0 Å². The van der Waals surface area contributed by atoms with E-state index in [0.29, 0.717) is 12.8 Å². The first-order valence-corrected chi connectivity index (χ1v) is 38.0. The maximum absolute atomic E-state index is 12.0. The maximum atomic E-state index is 12.0. The van der Waals surface area contributed by atoms with Gasteiger partial charge in [-0.15, -0.1) is 0 Å². The second kappa shape index (κ2) is 59.2. The molecule has 2 rings (SSSR count). The Kier molecular flexibility index (Phi) is 55.8. The smallest absolute Gasteiger partial charge is 0.309 e. The van der Waals surface area contributed by atoms with Gasteiger partial charge in [0.1, 0.15) is 0 Å². The number of carboxylic acids is 1. The lowest BCUT2D eigenvalue weighted by Crippen LogP contribution is -2.28. The van der Waals surface area contributed by atoms with Crippen molar-refractivity contribution < 1.29 is 15.0 Å². The monoisotopic (exact) mass is 1110 g/mol. The van der Waals surface area contributed by atoms with Crippen LogP contribution in [0.5, 0.6) is 0 Å². The van der Waals surface area contributed by atoms with Gasteiger partial charge in [-0.25, -0.2) is 0 Å². The van der Waals surface area contributed by atoms with Gasteiger partial charge in [-0.1, -0.05) is 418 Å². The van der Waals surface area contributed by atoms with Gasteiger partial charge in [0.15, 0.2) is 0 Å². The number of aliphatic hydroxyl groups is 1. The number of carboxylic acid groups (broad SMARTS) is 1. The molecule has 0 aromatic rings. The highest BCUT2D eigenvalue weighted by molar-refractivity contribution is 5.70. The topological polar surface area (TPSA) is 57.5 Å². The summed E-state index contributed by atoms with van der Waals surface area (Å²) in [5.74, 6) is 3.03. The molecule has 2 fully saturated rings. The third-order valence-corrected chi connectivity index (χ3v) is 20.2. The van der Waals surface area contributed by atoms with Crippen LogP contribution in [0.3, 0.4) is 0 Å². The molecule has 0 heterocycles. The van der Waals surface area contributed by atoms with Crippen molar-refractivity contribution in [2.45, 2.75) is 450 Å². The average Bonchev–Trinajstić information content (AvgIpc) is 4.39. The highest BCUT2D eigenvalue weighted by Gasteiger charge is 2.36. The number of hydrogen-bond acceptors (Lipinski definition) is 2. The molecule has 2 saturated carbocycles. The van der Waals surface area contributed by atoms with Gasteiger partial charge in [-0.05, 0) is 49.4 Å². The van der Waals surface area contributed by atoms with Crippen LogP contribution < -0.4 is 0 Å². The van der Waals surface area contributed by atoms with Crippen molar-refractivity contribution in [2.75, 3.05) is 0 Å². The molecule has 6 atom stereocenters. The summed E-state index contributed by atoms with van der Waals surface area (Å²) >= 11 is 0. The molecule has 2 N–H and O–H groups in total. The molecule has 3 nitrogen and oxygen atoms in total. The van der Waals surface area contributed by atoms with E-state index < -0.39 is 18.0 Å². The molecule has 0 aromatic carbocycles. The summed E-state index contributed by atoms with van der Waals surface area (Å²) < 4.78 is 0. The Morgan fingerprint density at radius 3 is 0.620 bits per heavy atom. The molecule has 0 radical (unpaired) electrons. The molecule has 2 aliphatic rings. The van der Waals surface area contributed by atoms with E-state index in [9.17, 15) is 15.0 Å². The molecule has 4 unspecified atom stereocenters. The first kappa shape index (κ1) is 74.5. The van der Waals surface area contributed by atoms with Gasteiger partial charge < -0.3 is 10.2 Å². The lowest BCUT2D eigenvalue weighted by molar-refractivity contribution is -0.146. The SMILES string of the molecule is CCCCCCCCCCCCCCCCCCCCCCCC[C@@H](C(=O)O)[C@H](O)CCCCCCCCCCCCCCCC1CC1CCCCCCCCCCC1CC1CCCCCCCCCCCCCCCCCC. The van der Waals surface area contributed by atoms with E-state index in [1.54, 1.807) is 25.7 Å². The molecule has 0 aromatic heterocycles. The minimum Gasteiger partial charge on any atom is -0.481 e. The third-order valence-electron chi connectivity index (χ3n) is 20.2. The molecule has 2 aliphatic carbocycles. The fraction of sp³-hybridized carbons (Fsp3) is 0.987. The second-order valence-electron chi connectivity index (χ2n) is 27.9. The quantitative estimate of drug-likeness (QED) is 0.0597. The number of aliphatic carboxylic acids is 1. The van der Waals surface area contributed by atoms with Crippen molar-refractivity contribution in [3.8, 4) is 0 Å². The van der Waals surface area contributed by atoms with E-state index >= 15 is 0 Å². The van der Waals surface area contributed by atoms with E-state index in [4.69, 9.17) is 0 Å². The van der Waals surface area contributed by atoms with Crippen LogP contribution in [0, 0.1) is 29.6 Å². The van der Waals surface area contributed by atoms with Crippen LogP contribution in [0.15, 0.2) is 0 Å². The number of carbonyl (C=O) groups is 1. The Morgan fingerprint density at radius 2 is 0.430 bits per heavy atom. The molecular formula is C76H148O3. The van der Waals surface area contributed by atoms with Gasteiger partial charge in [-0.2, -0.15) is 0 Å². The van der Waals surface area contributed by atoms with Gasteiger partial charge in [0, 0.05) is 0 Å². The van der Waals surface area contributed by atoms with Gasteiger partial charge in [0.25, 0.3) is 0 Å². The van der Waals surface area contributed by atoms with Crippen LogP contribution in [0.4, 0.5) is 0 Å². The lowest BCUT2D eigenvalue weighted by Gasteiger charge is -2.19. The Hall–Kier alpha value is -0.570. The molecule has 470 valence electrons. The van der Waals surface area contributed by atoms with E-state index in [1.807, 2.05) is 0 Å². The van der Waals surface area contributed by atoms with E-state index in [0.717, 1.165) is 49.4 Å². The zero-order valence-corrected chi connectivity index (χ0v) is 54.6. The van der Waals surface area contributed by atoms with E-state index in [-0.39, 0.29) is 0 Å². The first-order valence-electron chi connectivity index (χ1n) is 38.0. The van der Waals surface area contributed by atoms with Crippen LogP contribution in [-0.2, 0) is 4.79 Å². The van der Waals surface area contributed by atoms with Gasteiger partial charge in [0.05, 0.1) is 12.0 Å². The Morgan fingerprint density at radius 1 is 0.266 bits per heavy atom. The van der Waals surface area contributed by atoms with Crippen molar-refractivity contribution in [2.24, 2.45) is 29.6 Å². The van der Waals surface area contributed by atoms with Gasteiger partial charge in [-0.3, -0.25) is 4.79 Å². The fourth-order valence-electron chi connectivity index (χ4n) is 14.2. The molecular weight excluding hydrogens is 961 g/mol. The van der Waals surface area contributed by atoms with Crippen molar-refractivity contribution in [1.29, 1.82) is 0 Å². The normalized spacial score (nSPS) is 17.7. The largest absolute Gasteiger partial charge is 0.481 e. The molecule has 0 amide bonds. The summed E-state index contributed by atoms with van der Waals surface area (Å²) in [4.78, 5) is 12.0. The highest BCUT2D eigenvalue weighted by Crippen LogP contribution is 2.47. The van der Waals surface area contributed by atoms with E-state index in [2.05, 4.69) is 13.8 Å². The number of hydrogen-bond donors (Lipinski definition) is 2. The minimum absolute atomic E-state index is 0.580. The summed E-state index contributed by atoms with van der Waals surface area (Å²) in [5.41, 5.74) is 0. The molecule has 0 aliphatic heterocycles. The second-order valence-corrected chi connectivity index (χ2v) is 27.9. The Bertz CT molecular complexity index is 1200. The van der Waals surface area contributed by atoms with Crippen LogP contribution in [0.25, 0.3) is 0 Å². The number of unbranched alkanes of at least 4 members (excludes halogenated alkanes) is 55. The van der Waals surface area contributed by atoms with Crippen LogP contribution >= 0.6 is 0 Å². The third kappa shape index (κ3) is 51.6. The zero-order valence-electron chi connectivity index (χ0n) is 54.6. The summed E-state index contributed by atoms with van der Waals surface area (Å²) in [6, 6.07) is 0. The first-order chi connectivity index (χ1) is 39.1. The fourth-order valence-corrected chi connectivity index (χ4v) is 14.2.